The van der Waals surface area contributed by atoms with Gasteiger partial charge in [0.15, 0.2) is 0 Å². The first-order valence-electron chi connectivity index (χ1n) is 7.82. The Bertz CT molecular complexity index is 556. The fourth-order valence-corrected chi connectivity index (χ4v) is 4.29. The third-order valence-corrected chi connectivity index (χ3v) is 5.55. The number of aryl methyl sites for hydroxylation is 1. The minimum atomic E-state index is 0.193. The van der Waals surface area contributed by atoms with Crippen LogP contribution in [0.25, 0.3) is 0 Å². The highest BCUT2D eigenvalue weighted by molar-refractivity contribution is 5.85. The molecule has 1 aromatic carbocycles. The molecule has 0 radical (unpaired) electrons. The molecule has 0 aromatic heterocycles. The number of carbonyl (C=O) groups excluding carboxylic acids is 1. The second-order valence-corrected chi connectivity index (χ2v) is 6.65. The third-order valence-electron chi connectivity index (χ3n) is 5.55. The van der Waals surface area contributed by atoms with Crippen molar-refractivity contribution in [3.63, 3.8) is 0 Å². The third kappa shape index (κ3) is 1.65. The van der Waals surface area contributed by atoms with Crippen LogP contribution in [0.2, 0.25) is 0 Å². The van der Waals surface area contributed by atoms with Crippen LogP contribution >= 0.6 is 0 Å². The van der Waals surface area contributed by atoms with E-state index in [4.69, 9.17) is 0 Å². The lowest BCUT2D eigenvalue weighted by Crippen LogP contribution is -2.53. The topological polar surface area (TPSA) is 32.3 Å². The van der Waals surface area contributed by atoms with Crippen LogP contribution in [-0.2, 0) is 16.6 Å². The van der Waals surface area contributed by atoms with Gasteiger partial charge < -0.3 is 10.2 Å². The maximum absolute atomic E-state index is 12.8. The quantitative estimate of drug-likeness (QED) is 0.842. The summed E-state index contributed by atoms with van der Waals surface area (Å²) in [5.41, 5.74) is 3.12. The van der Waals surface area contributed by atoms with E-state index in [9.17, 15) is 4.79 Å². The minimum Gasteiger partial charge on any atom is -0.337 e. The highest BCUT2D eigenvalue weighted by Crippen LogP contribution is 2.62. The zero-order valence-electron chi connectivity index (χ0n) is 12.1. The Hall–Kier alpha value is -1.35. The lowest BCUT2D eigenvalue weighted by molar-refractivity contribution is -0.135. The molecule has 2 aliphatic carbocycles. The molecule has 3 heteroatoms. The smallest absolute Gasteiger partial charge is 0.226 e. The van der Waals surface area contributed by atoms with Gasteiger partial charge in [0.25, 0.3) is 0 Å². The number of nitrogens with one attached hydrogen (secondary N) is 1. The van der Waals surface area contributed by atoms with Gasteiger partial charge in [0, 0.05) is 37.0 Å². The maximum atomic E-state index is 12.8. The molecule has 2 unspecified atom stereocenters. The molecule has 3 aliphatic rings. The van der Waals surface area contributed by atoms with Crippen LogP contribution in [0.1, 0.15) is 30.9 Å². The van der Waals surface area contributed by atoms with Gasteiger partial charge in [-0.2, -0.15) is 0 Å². The van der Waals surface area contributed by atoms with Crippen molar-refractivity contribution in [1.82, 2.24) is 10.2 Å². The molecule has 1 amide bonds. The minimum absolute atomic E-state index is 0.193. The van der Waals surface area contributed by atoms with Crippen LogP contribution in [0.4, 0.5) is 0 Å². The predicted octanol–water partition coefficient (Wildman–Crippen LogP) is 1.71. The number of fused-ring (bicyclic) bond motifs is 2. The first-order valence-corrected chi connectivity index (χ1v) is 7.82. The summed E-state index contributed by atoms with van der Waals surface area (Å²) in [5.74, 6) is 0.641. The molecule has 1 aliphatic heterocycles. The molecule has 4 rings (SSSR count). The van der Waals surface area contributed by atoms with Crippen LogP contribution in [0.3, 0.4) is 0 Å². The number of benzene rings is 1. The fraction of sp³-hybridized carbons (Fsp3) is 0.588. The van der Waals surface area contributed by atoms with E-state index in [1.54, 1.807) is 0 Å². The van der Waals surface area contributed by atoms with E-state index in [1.807, 2.05) is 0 Å². The fourth-order valence-electron chi connectivity index (χ4n) is 4.29. The summed E-state index contributed by atoms with van der Waals surface area (Å²) in [6.07, 6.45) is 3.39. The molecule has 106 valence electrons. The Balaban J connectivity index is 1.57. The predicted molar refractivity (Wildman–Crippen MR) is 78.6 cm³/mol. The van der Waals surface area contributed by atoms with Crippen molar-refractivity contribution in [2.24, 2.45) is 5.92 Å². The first-order chi connectivity index (χ1) is 9.72. The van der Waals surface area contributed by atoms with E-state index in [-0.39, 0.29) is 11.3 Å². The molecule has 1 heterocycles. The lowest BCUT2D eigenvalue weighted by atomic mass is 9.94. The standard InChI is InChI=1S/C17H22N2O/c1-12-11-18-8-9-19(12)16(20)15-10-17(15)7-6-13-4-2-3-5-14(13)17/h2-5,12,15,18H,6-11H2,1H3/t12-,15?,17?/m1/s1. The number of carbonyl (C=O) groups is 1. The van der Waals surface area contributed by atoms with Gasteiger partial charge in [-0.25, -0.2) is 0 Å². The van der Waals surface area contributed by atoms with Crippen LogP contribution in [-0.4, -0.2) is 36.5 Å². The largest absolute Gasteiger partial charge is 0.337 e. The molecule has 0 bridgehead atoms. The summed E-state index contributed by atoms with van der Waals surface area (Å²) >= 11 is 0. The molecular weight excluding hydrogens is 248 g/mol. The lowest BCUT2D eigenvalue weighted by Gasteiger charge is -2.34. The molecule has 1 aromatic rings. The van der Waals surface area contributed by atoms with Gasteiger partial charge in [0.05, 0.1) is 0 Å². The molecule has 1 spiro atoms. The number of nitrogens with zero attached hydrogens (tertiary/aromatic N) is 1. The average Bonchev–Trinajstić information content (AvgIpc) is 3.09. The van der Waals surface area contributed by atoms with Crippen molar-refractivity contribution >= 4 is 5.91 Å². The monoisotopic (exact) mass is 270 g/mol. The van der Waals surface area contributed by atoms with Crippen molar-refractivity contribution in [1.29, 1.82) is 0 Å². The second kappa shape index (κ2) is 4.32. The van der Waals surface area contributed by atoms with Crippen LogP contribution in [0, 0.1) is 5.92 Å². The van der Waals surface area contributed by atoms with E-state index in [2.05, 4.69) is 41.4 Å². The molecular formula is C17H22N2O. The zero-order valence-corrected chi connectivity index (χ0v) is 12.1. The Labute approximate surface area is 120 Å². The van der Waals surface area contributed by atoms with E-state index in [0.29, 0.717) is 11.9 Å². The first kappa shape index (κ1) is 12.4. The molecule has 20 heavy (non-hydrogen) atoms. The summed E-state index contributed by atoms with van der Waals surface area (Å²) < 4.78 is 0. The van der Waals surface area contributed by atoms with Gasteiger partial charge in [-0.05, 0) is 37.3 Å². The Kier molecular flexibility index (Phi) is 2.68. The highest BCUT2D eigenvalue weighted by atomic mass is 16.2. The van der Waals surface area contributed by atoms with Gasteiger partial charge in [-0.3, -0.25) is 4.79 Å². The Morgan fingerprint density at radius 1 is 1.40 bits per heavy atom. The van der Waals surface area contributed by atoms with Gasteiger partial charge >= 0.3 is 0 Å². The number of hydrogen-bond acceptors (Lipinski definition) is 2. The van der Waals surface area contributed by atoms with Gasteiger partial charge in [-0.1, -0.05) is 24.3 Å². The summed E-state index contributed by atoms with van der Waals surface area (Å²) in [7, 11) is 0. The van der Waals surface area contributed by atoms with Crippen LogP contribution < -0.4 is 5.32 Å². The van der Waals surface area contributed by atoms with Gasteiger partial charge in [-0.15, -0.1) is 0 Å². The Morgan fingerprint density at radius 3 is 3.10 bits per heavy atom. The second-order valence-electron chi connectivity index (χ2n) is 6.65. The molecule has 3 atom stereocenters. The number of amides is 1. The zero-order chi connectivity index (χ0) is 13.7. The number of piperazine rings is 1. The van der Waals surface area contributed by atoms with Crippen molar-refractivity contribution in [2.45, 2.75) is 37.6 Å². The molecule has 1 N–H and O–H groups in total. The normalized spacial score (nSPS) is 35.1. The van der Waals surface area contributed by atoms with Crippen LogP contribution in [0.5, 0.6) is 0 Å². The van der Waals surface area contributed by atoms with Crippen molar-refractivity contribution in [3.8, 4) is 0 Å². The molecule has 1 saturated heterocycles. The van der Waals surface area contributed by atoms with Crippen LogP contribution in [0.15, 0.2) is 24.3 Å². The average molecular weight is 270 g/mol. The van der Waals surface area contributed by atoms with Gasteiger partial charge in [0.2, 0.25) is 5.91 Å². The number of hydrogen-bond donors (Lipinski definition) is 1. The highest BCUT2D eigenvalue weighted by Gasteiger charge is 2.62. The van der Waals surface area contributed by atoms with Crippen molar-refractivity contribution < 1.29 is 4.79 Å². The van der Waals surface area contributed by atoms with E-state index in [0.717, 1.165) is 32.5 Å². The van der Waals surface area contributed by atoms with E-state index < -0.39 is 0 Å². The van der Waals surface area contributed by atoms with E-state index in [1.165, 1.54) is 17.5 Å². The van der Waals surface area contributed by atoms with Crippen molar-refractivity contribution in [2.75, 3.05) is 19.6 Å². The number of rotatable bonds is 1. The molecule has 3 nitrogen and oxygen atoms in total. The molecule has 2 fully saturated rings. The van der Waals surface area contributed by atoms with Crippen molar-refractivity contribution in [3.05, 3.63) is 35.4 Å². The van der Waals surface area contributed by atoms with E-state index >= 15 is 0 Å². The summed E-state index contributed by atoms with van der Waals surface area (Å²) in [4.78, 5) is 14.9. The summed E-state index contributed by atoms with van der Waals surface area (Å²) in [6, 6.07) is 9.06. The van der Waals surface area contributed by atoms with Gasteiger partial charge in [0.1, 0.15) is 0 Å². The summed E-state index contributed by atoms with van der Waals surface area (Å²) in [5, 5.41) is 3.36. The molecule has 1 saturated carbocycles. The Morgan fingerprint density at radius 2 is 2.25 bits per heavy atom. The SMILES string of the molecule is C[C@@H]1CNCCN1C(=O)C1CC12CCc1ccccc12. The summed E-state index contributed by atoms with van der Waals surface area (Å²) in [6.45, 7) is 4.89. The maximum Gasteiger partial charge on any atom is 0.226 e.